The highest BCUT2D eigenvalue weighted by atomic mass is 32.1. The van der Waals surface area contributed by atoms with E-state index in [9.17, 15) is 10.1 Å². The molecule has 1 heterocycles. The largest absolute Gasteiger partial charge is 0.487 e. The summed E-state index contributed by atoms with van der Waals surface area (Å²) in [5.41, 5.74) is 2.33. The van der Waals surface area contributed by atoms with Crippen molar-refractivity contribution in [2.75, 3.05) is 5.32 Å². The molecular formula is C25H19N3O2S. The molecule has 1 aromatic heterocycles. The van der Waals surface area contributed by atoms with Gasteiger partial charge < -0.3 is 10.1 Å². The van der Waals surface area contributed by atoms with E-state index in [-0.39, 0.29) is 5.57 Å². The zero-order chi connectivity index (χ0) is 21.6. The van der Waals surface area contributed by atoms with Crippen LogP contribution in [0.1, 0.15) is 16.3 Å². The van der Waals surface area contributed by atoms with Crippen LogP contribution >= 0.6 is 11.3 Å². The van der Waals surface area contributed by atoms with Crippen molar-refractivity contribution in [2.24, 2.45) is 0 Å². The number of ether oxygens (including phenoxy) is 1. The number of aryl methyl sites for hydroxylation is 1. The van der Waals surface area contributed by atoms with Crippen LogP contribution in [0.2, 0.25) is 0 Å². The normalized spacial score (nSPS) is 11.2. The van der Waals surface area contributed by atoms with Gasteiger partial charge in [0.1, 0.15) is 24.0 Å². The lowest BCUT2D eigenvalue weighted by Crippen LogP contribution is -2.13. The van der Waals surface area contributed by atoms with E-state index in [2.05, 4.69) is 10.3 Å². The average Bonchev–Trinajstić information content (AvgIpc) is 3.22. The van der Waals surface area contributed by atoms with Crippen LogP contribution in [0.25, 0.3) is 16.8 Å². The number of fused-ring (bicyclic) bond motifs is 1. The Hall–Kier alpha value is -3.95. The Morgan fingerprint density at radius 2 is 1.90 bits per heavy atom. The summed E-state index contributed by atoms with van der Waals surface area (Å²) in [5.74, 6) is 0.250. The Balaban J connectivity index is 1.46. The van der Waals surface area contributed by atoms with Crippen LogP contribution in [-0.4, -0.2) is 10.9 Å². The first-order valence-electron chi connectivity index (χ1n) is 9.67. The third-order valence-electron chi connectivity index (χ3n) is 4.65. The molecule has 0 saturated heterocycles. The van der Waals surface area contributed by atoms with Gasteiger partial charge in [0.15, 0.2) is 0 Å². The number of aromatic nitrogens is 1. The number of nitrogens with zero attached hydrogens (tertiary/aromatic N) is 2. The Morgan fingerprint density at radius 3 is 2.65 bits per heavy atom. The number of hydrogen-bond donors (Lipinski definition) is 1. The van der Waals surface area contributed by atoms with Gasteiger partial charge in [0.05, 0.1) is 10.7 Å². The van der Waals surface area contributed by atoms with Gasteiger partial charge in [-0.05, 0) is 42.1 Å². The molecule has 0 spiro atoms. The van der Waals surface area contributed by atoms with Crippen molar-refractivity contribution in [2.45, 2.75) is 13.5 Å². The Morgan fingerprint density at radius 1 is 1.13 bits per heavy atom. The number of hydrogen-bond acceptors (Lipinski definition) is 5. The van der Waals surface area contributed by atoms with Gasteiger partial charge in [0.2, 0.25) is 0 Å². The molecule has 0 atom stereocenters. The van der Waals surface area contributed by atoms with Crippen molar-refractivity contribution in [3.63, 3.8) is 0 Å². The molecule has 5 nitrogen and oxygen atoms in total. The molecular weight excluding hydrogens is 406 g/mol. The van der Waals surface area contributed by atoms with Gasteiger partial charge in [0.25, 0.3) is 5.91 Å². The van der Waals surface area contributed by atoms with Gasteiger partial charge in [-0.25, -0.2) is 4.98 Å². The second-order valence-electron chi connectivity index (χ2n) is 6.87. The van der Waals surface area contributed by atoms with Crippen molar-refractivity contribution >= 4 is 39.8 Å². The van der Waals surface area contributed by atoms with Gasteiger partial charge in [0, 0.05) is 16.5 Å². The van der Waals surface area contributed by atoms with Gasteiger partial charge in [-0.15, -0.1) is 11.3 Å². The van der Waals surface area contributed by atoms with Crippen molar-refractivity contribution in [3.05, 3.63) is 93.9 Å². The quantitative estimate of drug-likeness (QED) is 0.316. The van der Waals surface area contributed by atoms with E-state index in [4.69, 9.17) is 4.74 Å². The summed E-state index contributed by atoms with van der Waals surface area (Å²) in [4.78, 5) is 17.1. The predicted octanol–water partition coefficient (Wildman–Crippen LogP) is 5.73. The second kappa shape index (κ2) is 9.24. The molecule has 4 rings (SSSR count). The van der Waals surface area contributed by atoms with E-state index in [0.717, 1.165) is 27.0 Å². The summed E-state index contributed by atoms with van der Waals surface area (Å²) in [6.07, 6.45) is 1.56. The predicted molar refractivity (Wildman–Crippen MR) is 124 cm³/mol. The molecule has 1 N–H and O–H groups in total. The molecule has 31 heavy (non-hydrogen) atoms. The van der Waals surface area contributed by atoms with Crippen LogP contribution in [0, 0.1) is 18.3 Å². The fourth-order valence-electron chi connectivity index (χ4n) is 3.13. The standard InChI is InChI=1S/C25H19N3O2S/c1-17-27-21(16-31-17)15-30-22-11-9-18(10-12-22)13-20(14-26)25(29)28-24-8-4-6-19-5-2-3-7-23(19)24/h2-13,16H,15H2,1H3,(H,28,29)/b20-13+. The lowest BCUT2D eigenvalue weighted by Gasteiger charge is -2.08. The van der Waals surface area contributed by atoms with E-state index < -0.39 is 5.91 Å². The van der Waals surface area contributed by atoms with Crippen molar-refractivity contribution in [1.29, 1.82) is 5.26 Å². The molecule has 0 aliphatic carbocycles. The first-order chi connectivity index (χ1) is 15.1. The van der Waals surface area contributed by atoms with Gasteiger partial charge in [-0.1, -0.05) is 48.5 Å². The van der Waals surface area contributed by atoms with Gasteiger partial charge in [-0.3, -0.25) is 4.79 Å². The maximum atomic E-state index is 12.7. The van der Waals surface area contributed by atoms with Crippen LogP contribution in [0.5, 0.6) is 5.75 Å². The number of rotatable bonds is 6. The molecule has 0 radical (unpaired) electrons. The van der Waals surface area contributed by atoms with E-state index in [1.807, 2.05) is 85.1 Å². The number of amides is 1. The highest BCUT2D eigenvalue weighted by molar-refractivity contribution is 7.09. The molecule has 3 aromatic carbocycles. The molecule has 0 fully saturated rings. The fourth-order valence-corrected chi connectivity index (χ4v) is 3.73. The maximum Gasteiger partial charge on any atom is 0.266 e. The Labute approximate surface area is 184 Å². The minimum Gasteiger partial charge on any atom is -0.487 e. The van der Waals surface area contributed by atoms with Crippen LogP contribution in [-0.2, 0) is 11.4 Å². The number of carbonyl (C=O) groups is 1. The number of thiazole rings is 1. The minimum absolute atomic E-state index is 0.0274. The minimum atomic E-state index is -0.446. The number of nitriles is 1. The summed E-state index contributed by atoms with van der Waals surface area (Å²) in [6, 6.07) is 22.7. The zero-order valence-corrected chi connectivity index (χ0v) is 17.6. The molecule has 0 bridgehead atoms. The monoisotopic (exact) mass is 425 g/mol. The first-order valence-corrected chi connectivity index (χ1v) is 10.5. The van der Waals surface area contributed by atoms with Crippen LogP contribution < -0.4 is 10.1 Å². The van der Waals surface area contributed by atoms with Gasteiger partial charge >= 0.3 is 0 Å². The Kier molecular flexibility index (Phi) is 6.06. The summed E-state index contributed by atoms with van der Waals surface area (Å²) in [7, 11) is 0. The third kappa shape index (κ3) is 4.97. The molecule has 6 heteroatoms. The molecule has 1 amide bonds. The lowest BCUT2D eigenvalue weighted by molar-refractivity contribution is -0.112. The number of benzene rings is 3. The van der Waals surface area contributed by atoms with Crippen LogP contribution in [0.15, 0.2) is 77.7 Å². The third-order valence-corrected chi connectivity index (χ3v) is 5.47. The smallest absolute Gasteiger partial charge is 0.266 e. The SMILES string of the molecule is Cc1nc(COc2ccc(/C=C(\C#N)C(=O)Nc3cccc4ccccc34)cc2)cs1. The average molecular weight is 426 g/mol. The van der Waals surface area contributed by atoms with Gasteiger partial charge in [-0.2, -0.15) is 5.26 Å². The van der Waals surface area contributed by atoms with E-state index >= 15 is 0 Å². The molecule has 152 valence electrons. The molecule has 4 aromatic rings. The van der Waals surface area contributed by atoms with E-state index in [1.54, 1.807) is 17.4 Å². The topological polar surface area (TPSA) is 75.0 Å². The Bertz CT molecular complexity index is 1300. The van der Waals surface area contributed by atoms with E-state index in [1.165, 1.54) is 0 Å². The summed E-state index contributed by atoms with van der Waals surface area (Å²) in [6.45, 7) is 2.36. The van der Waals surface area contributed by atoms with Crippen LogP contribution in [0.3, 0.4) is 0 Å². The maximum absolute atomic E-state index is 12.7. The van der Waals surface area contributed by atoms with Crippen molar-refractivity contribution in [1.82, 2.24) is 4.98 Å². The first kappa shape index (κ1) is 20.3. The molecule has 0 aliphatic rings. The second-order valence-corrected chi connectivity index (χ2v) is 7.93. The van der Waals surface area contributed by atoms with Crippen molar-refractivity contribution in [3.8, 4) is 11.8 Å². The van der Waals surface area contributed by atoms with E-state index in [0.29, 0.717) is 18.0 Å². The highest BCUT2D eigenvalue weighted by Crippen LogP contribution is 2.24. The number of carbonyl (C=O) groups excluding carboxylic acids is 1. The molecule has 0 aliphatic heterocycles. The summed E-state index contributed by atoms with van der Waals surface area (Å²) < 4.78 is 5.74. The van der Waals surface area contributed by atoms with Crippen LogP contribution in [0.4, 0.5) is 5.69 Å². The highest BCUT2D eigenvalue weighted by Gasteiger charge is 2.11. The van der Waals surface area contributed by atoms with Crippen molar-refractivity contribution < 1.29 is 9.53 Å². The number of nitrogens with one attached hydrogen (secondary N) is 1. The molecule has 0 saturated carbocycles. The number of anilines is 1. The molecule has 0 unspecified atom stereocenters. The zero-order valence-electron chi connectivity index (χ0n) is 16.8. The lowest BCUT2D eigenvalue weighted by atomic mass is 10.1. The fraction of sp³-hybridized carbons (Fsp3) is 0.0800. The summed E-state index contributed by atoms with van der Waals surface area (Å²) >= 11 is 1.59. The summed E-state index contributed by atoms with van der Waals surface area (Å²) in [5, 5.41) is 17.3.